The van der Waals surface area contributed by atoms with Crippen molar-refractivity contribution < 1.29 is 13.2 Å². The van der Waals surface area contributed by atoms with Crippen molar-refractivity contribution in [1.29, 1.82) is 0 Å². The fourth-order valence-electron chi connectivity index (χ4n) is 2.48. The van der Waals surface area contributed by atoms with E-state index in [4.69, 9.17) is 0 Å². The van der Waals surface area contributed by atoms with Gasteiger partial charge in [-0.2, -0.15) is 0 Å². The van der Waals surface area contributed by atoms with Crippen molar-refractivity contribution in [3.63, 3.8) is 0 Å². The van der Waals surface area contributed by atoms with E-state index >= 15 is 0 Å². The number of hydrogen-bond acceptors (Lipinski definition) is 4. The van der Waals surface area contributed by atoms with Crippen molar-refractivity contribution in [3.8, 4) is 0 Å². The molecule has 1 heterocycles. The molecule has 6 nitrogen and oxygen atoms in total. The second kappa shape index (κ2) is 6.45. The number of sulfonamides is 1. The minimum atomic E-state index is -3.76. The predicted octanol–water partition coefficient (Wildman–Crippen LogP) is 2.23. The lowest BCUT2D eigenvalue weighted by Gasteiger charge is -2.24. The van der Waals surface area contributed by atoms with E-state index in [9.17, 15) is 13.2 Å². The van der Waals surface area contributed by atoms with Gasteiger partial charge >= 0.3 is 0 Å². The Morgan fingerprint density at radius 1 is 1.12 bits per heavy atom. The van der Waals surface area contributed by atoms with E-state index in [1.807, 2.05) is 37.3 Å². The van der Waals surface area contributed by atoms with Crippen LogP contribution in [0.15, 0.2) is 64.5 Å². The summed E-state index contributed by atoms with van der Waals surface area (Å²) in [5.74, 6) is -0.388. The zero-order valence-corrected chi connectivity index (χ0v) is 13.9. The first-order valence-electron chi connectivity index (χ1n) is 7.48. The molecule has 0 spiro atoms. The summed E-state index contributed by atoms with van der Waals surface area (Å²) in [6.45, 7) is 1.54. The number of rotatable bonds is 4. The molecule has 7 heteroatoms. The summed E-state index contributed by atoms with van der Waals surface area (Å²) < 4.78 is 26.1. The molecule has 0 radical (unpaired) electrons. The van der Waals surface area contributed by atoms with Crippen molar-refractivity contribution in [3.05, 3.63) is 60.2 Å². The summed E-state index contributed by atoms with van der Waals surface area (Å²) in [7, 11) is -3.76. The average molecular weight is 343 g/mol. The van der Waals surface area contributed by atoms with Crippen LogP contribution in [0.1, 0.15) is 18.5 Å². The van der Waals surface area contributed by atoms with Crippen LogP contribution in [0.5, 0.6) is 0 Å². The second-order valence-corrected chi connectivity index (χ2v) is 7.32. The third-order valence-electron chi connectivity index (χ3n) is 3.75. The number of para-hydroxylation sites is 1. The molecule has 3 rings (SSSR count). The lowest BCUT2D eigenvalue weighted by atomic mass is 10.1. The van der Waals surface area contributed by atoms with Crippen LogP contribution in [0, 0.1) is 0 Å². The Labute approximate surface area is 140 Å². The summed E-state index contributed by atoms with van der Waals surface area (Å²) >= 11 is 0. The molecular formula is C17H17N3O3S. The quantitative estimate of drug-likeness (QED) is 0.924. The fraction of sp³-hybridized carbons (Fsp3) is 0.176. The van der Waals surface area contributed by atoms with Crippen LogP contribution >= 0.6 is 0 Å². The predicted molar refractivity (Wildman–Crippen MR) is 91.5 cm³/mol. The van der Waals surface area contributed by atoms with Gasteiger partial charge in [-0.25, -0.2) is 17.7 Å². The van der Waals surface area contributed by atoms with E-state index in [0.717, 1.165) is 9.87 Å². The topological polar surface area (TPSA) is 78.8 Å². The number of carbonyl (C=O) groups is 1. The van der Waals surface area contributed by atoms with Crippen molar-refractivity contribution in [2.75, 3.05) is 6.54 Å². The summed E-state index contributed by atoms with van der Waals surface area (Å²) in [4.78, 5) is 16.4. The van der Waals surface area contributed by atoms with E-state index in [1.165, 1.54) is 12.4 Å². The number of carbonyl (C=O) groups excluding carboxylic acids is 1. The monoisotopic (exact) mass is 343 g/mol. The van der Waals surface area contributed by atoms with Crippen molar-refractivity contribution in [2.24, 2.45) is 4.99 Å². The lowest BCUT2D eigenvalue weighted by Crippen LogP contribution is -2.41. The van der Waals surface area contributed by atoms with Crippen LogP contribution in [0.3, 0.4) is 0 Å². The Balaban J connectivity index is 1.72. The third kappa shape index (κ3) is 3.16. The normalized spacial score (nSPS) is 16.3. The summed E-state index contributed by atoms with van der Waals surface area (Å²) in [6.07, 6.45) is 1.18. The molecule has 1 N–H and O–H groups in total. The van der Waals surface area contributed by atoms with Gasteiger partial charge < -0.3 is 5.32 Å². The molecular weight excluding hydrogens is 326 g/mol. The van der Waals surface area contributed by atoms with Crippen LogP contribution in [0.2, 0.25) is 0 Å². The summed E-state index contributed by atoms with van der Waals surface area (Å²) in [6, 6.07) is 15.7. The molecule has 2 aromatic rings. The first-order chi connectivity index (χ1) is 11.5. The molecule has 1 atom stereocenters. The number of aliphatic imine (C=N–C) groups is 1. The summed E-state index contributed by atoms with van der Waals surface area (Å²) in [5, 5.41) is 2.80. The number of benzene rings is 2. The average Bonchev–Trinajstić information content (AvgIpc) is 2.58. The van der Waals surface area contributed by atoms with Crippen LogP contribution in [-0.4, -0.2) is 31.5 Å². The van der Waals surface area contributed by atoms with Crippen molar-refractivity contribution in [1.82, 2.24) is 9.62 Å². The Hall–Kier alpha value is -2.67. The van der Waals surface area contributed by atoms with Gasteiger partial charge in [0.05, 0.1) is 11.7 Å². The standard InChI is InChI=1S/C17H17N3O3S/c1-13(14-7-3-2-4-8-14)19-17(21)11-20-12-18-15-9-5-6-10-16(15)24(20,22)23/h2-10,12-13H,11H2,1H3,(H,19,21). The van der Waals surface area contributed by atoms with Gasteiger partial charge in [0.1, 0.15) is 17.8 Å². The molecule has 0 fully saturated rings. The highest BCUT2D eigenvalue weighted by molar-refractivity contribution is 7.89. The maximum absolute atomic E-state index is 12.6. The van der Waals surface area contributed by atoms with E-state index in [0.29, 0.717) is 5.69 Å². The van der Waals surface area contributed by atoms with Gasteiger partial charge in [-0.3, -0.25) is 4.79 Å². The van der Waals surface area contributed by atoms with Crippen molar-refractivity contribution >= 4 is 28.0 Å². The number of hydrogen-bond donors (Lipinski definition) is 1. The molecule has 124 valence electrons. The zero-order chi connectivity index (χ0) is 17.2. The molecule has 1 aliphatic rings. The highest BCUT2D eigenvalue weighted by atomic mass is 32.2. The van der Waals surface area contributed by atoms with Crippen LogP contribution < -0.4 is 5.32 Å². The van der Waals surface area contributed by atoms with E-state index in [2.05, 4.69) is 10.3 Å². The first kappa shape index (κ1) is 16.2. The lowest BCUT2D eigenvalue weighted by molar-refractivity contribution is -0.121. The molecule has 0 saturated carbocycles. The number of nitrogens with zero attached hydrogens (tertiary/aromatic N) is 2. The van der Waals surface area contributed by atoms with Gasteiger partial charge in [0.25, 0.3) is 10.0 Å². The molecule has 1 amide bonds. The number of amides is 1. The SMILES string of the molecule is CC(NC(=O)CN1C=Nc2ccccc2S1(=O)=O)c1ccccc1. The molecule has 2 aromatic carbocycles. The van der Waals surface area contributed by atoms with E-state index in [-0.39, 0.29) is 23.4 Å². The minimum Gasteiger partial charge on any atom is -0.348 e. The molecule has 0 saturated heterocycles. The Kier molecular flexibility index (Phi) is 4.35. The van der Waals surface area contributed by atoms with Crippen LogP contribution in [-0.2, 0) is 14.8 Å². The van der Waals surface area contributed by atoms with Crippen molar-refractivity contribution in [2.45, 2.75) is 17.9 Å². The first-order valence-corrected chi connectivity index (χ1v) is 8.92. The van der Waals surface area contributed by atoms with Crippen LogP contribution in [0.25, 0.3) is 0 Å². The highest BCUT2D eigenvalue weighted by Gasteiger charge is 2.30. The highest BCUT2D eigenvalue weighted by Crippen LogP contribution is 2.29. The number of nitrogens with one attached hydrogen (secondary N) is 1. The van der Waals surface area contributed by atoms with Gasteiger partial charge in [0.15, 0.2) is 0 Å². The van der Waals surface area contributed by atoms with Gasteiger partial charge in [0, 0.05) is 0 Å². The molecule has 1 aliphatic heterocycles. The maximum Gasteiger partial charge on any atom is 0.267 e. The molecule has 0 aromatic heterocycles. The van der Waals surface area contributed by atoms with Crippen LogP contribution in [0.4, 0.5) is 5.69 Å². The maximum atomic E-state index is 12.6. The second-order valence-electron chi connectivity index (χ2n) is 5.46. The van der Waals surface area contributed by atoms with E-state index in [1.54, 1.807) is 18.2 Å². The third-order valence-corrected chi connectivity index (χ3v) is 5.50. The van der Waals surface area contributed by atoms with E-state index < -0.39 is 10.0 Å². The molecule has 1 unspecified atom stereocenters. The number of fused-ring (bicyclic) bond motifs is 1. The Morgan fingerprint density at radius 2 is 1.79 bits per heavy atom. The smallest absolute Gasteiger partial charge is 0.267 e. The van der Waals surface area contributed by atoms with Gasteiger partial charge in [-0.15, -0.1) is 0 Å². The summed E-state index contributed by atoms with van der Waals surface area (Å²) in [5.41, 5.74) is 1.33. The van der Waals surface area contributed by atoms with Gasteiger partial charge in [-0.05, 0) is 24.6 Å². The fourth-order valence-corrected chi connectivity index (χ4v) is 3.82. The molecule has 0 bridgehead atoms. The minimum absolute atomic E-state index is 0.108. The van der Waals surface area contributed by atoms with Gasteiger partial charge in [-0.1, -0.05) is 42.5 Å². The van der Waals surface area contributed by atoms with Gasteiger partial charge in [0.2, 0.25) is 5.91 Å². The molecule has 0 aliphatic carbocycles. The molecule has 24 heavy (non-hydrogen) atoms. The zero-order valence-electron chi connectivity index (χ0n) is 13.1. The Bertz CT molecular complexity index is 879. The Morgan fingerprint density at radius 3 is 2.54 bits per heavy atom. The largest absolute Gasteiger partial charge is 0.348 e.